The first-order valence-electron chi connectivity index (χ1n) is 5.17. The molecule has 2 rings (SSSR count). The first kappa shape index (κ1) is 11.9. The zero-order chi connectivity index (χ0) is 12.4. The van der Waals surface area contributed by atoms with Crippen molar-refractivity contribution in [3.05, 3.63) is 68.8 Å². The number of rotatable bonds is 2. The normalized spacial score (nSPS) is 10.5. The van der Waals surface area contributed by atoms with Gasteiger partial charge in [0.15, 0.2) is 0 Å². The highest BCUT2D eigenvalue weighted by Gasteiger charge is 2.04. The van der Waals surface area contributed by atoms with E-state index in [-0.39, 0.29) is 12.1 Å². The third-order valence-electron chi connectivity index (χ3n) is 2.51. The lowest BCUT2D eigenvalue weighted by molar-refractivity contribution is 0.596. The fourth-order valence-corrected chi connectivity index (χ4v) is 1.73. The second kappa shape index (κ2) is 4.72. The van der Waals surface area contributed by atoms with Crippen LogP contribution in [0.2, 0.25) is 5.02 Å². The van der Waals surface area contributed by atoms with E-state index in [1.807, 2.05) is 13.0 Å². The van der Waals surface area contributed by atoms with Crippen molar-refractivity contribution >= 4 is 11.6 Å². The van der Waals surface area contributed by atoms with E-state index in [0.717, 1.165) is 5.56 Å². The predicted octanol–water partition coefficient (Wildman–Crippen LogP) is 3.00. The molecule has 1 aromatic heterocycles. The van der Waals surface area contributed by atoms with Gasteiger partial charge in [-0.25, -0.2) is 4.39 Å². The Morgan fingerprint density at radius 1 is 1.29 bits per heavy atom. The summed E-state index contributed by atoms with van der Waals surface area (Å²) in [5.41, 5.74) is 1.20. The van der Waals surface area contributed by atoms with Crippen molar-refractivity contribution in [3.63, 3.8) is 0 Å². The molecule has 0 fully saturated rings. The molecule has 0 spiro atoms. The van der Waals surface area contributed by atoms with Crippen molar-refractivity contribution in [3.8, 4) is 0 Å². The van der Waals surface area contributed by atoms with Gasteiger partial charge in [0, 0.05) is 22.8 Å². The van der Waals surface area contributed by atoms with Gasteiger partial charge in [-0.2, -0.15) is 0 Å². The molecule has 0 saturated heterocycles. The number of aromatic nitrogens is 1. The van der Waals surface area contributed by atoms with E-state index in [4.69, 9.17) is 11.6 Å². The smallest absolute Gasteiger partial charge is 0.251 e. The molecule has 0 aliphatic carbocycles. The molecule has 1 heterocycles. The standard InChI is InChI=1S/C13H11ClFNO/c1-9-4-5-16(13(17)6-9)8-10-2-3-11(14)7-12(10)15/h2-7H,8H2,1H3. The van der Waals surface area contributed by atoms with Gasteiger partial charge in [-0.1, -0.05) is 17.7 Å². The maximum Gasteiger partial charge on any atom is 0.251 e. The Morgan fingerprint density at radius 2 is 2.06 bits per heavy atom. The fraction of sp³-hybridized carbons (Fsp3) is 0.154. The molecular weight excluding hydrogens is 241 g/mol. The maximum absolute atomic E-state index is 13.5. The van der Waals surface area contributed by atoms with Crippen molar-refractivity contribution in [2.75, 3.05) is 0 Å². The topological polar surface area (TPSA) is 22.0 Å². The molecule has 88 valence electrons. The molecule has 0 N–H and O–H groups in total. The Kier molecular flexibility index (Phi) is 3.29. The maximum atomic E-state index is 13.5. The lowest BCUT2D eigenvalue weighted by Crippen LogP contribution is -2.19. The fourth-order valence-electron chi connectivity index (χ4n) is 1.57. The lowest BCUT2D eigenvalue weighted by Gasteiger charge is -2.07. The zero-order valence-corrected chi connectivity index (χ0v) is 10.0. The van der Waals surface area contributed by atoms with Crippen LogP contribution in [0.1, 0.15) is 11.1 Å². The quantitative estimate of drug-likeness (QED) is 0.804. The minimum Gasteiger partial charge on any atom is -0.311 e. The van der Waals surface area contributed by atoms with Crippen molar-refractivity contribution in [2.24, 2.45) is 0 Å². The van der Waals surface area contributed by atoms with Crippen LogP contribution in [0.4, 0.5) is 4.39 Å². The third kappa shape index (κ3) is 2.74. The monoisotopic (exact) mass is 251 g/mol. The Bertz CT molecular complexity index is 607. The minimum atomic E-state index is -0.398. The van der Waals surface area contributed by atoms with Crippen molar-refractivity contribution in [2.45, 2.75) is 13.5 Å². The summed E-state index contributed by atoms with van der Waals surface area (Å²) in [6.45, 7) is 2.05. The number of aryl methyl sites for hydroxylation is 1. The molecule has 4 heteroatoms. The van der Waals surface area contributed by atoms with Crippen LogP contribution < -0.4 is 5.56 Å². The Hall–Kier alpha value is -1.61. The van der Waals surface area contributed by atoms with Gasteiger partial charge in [0.1, 0.15) is 5.82 Å². The summed E-state index contributed by atoms with van der Waals surface area (Å²) in [6.07, 6.45) is 1.66. The van der Waals surface area contributed by atoms with Crippen molar-refractivity contribution in [1.82, 2.24) is 4.57 Å². The van der Waals surface area contributed by atoms with Crippen LogP contribution in [0.5, 0.6) is 0 Å². The molecule has 0 saturated carbocycles. The van der Waals surface area contributed by atoms with Crippen LogP contribution in [-0.4, -0.2) is 4.57 Å². The Morgan fingerprint density at radius 3 is 2.71 bits per heavy atom. The molecule has 1 aromatic carbocycles. The average Bonchev–Trinajstić information content (AvgIpc) is 2.25. The van der Waals surface area contributed by atoms with Crippen LogP contribution in [-0.2, 0) is 6.54 Å². The highest BCUT2D eigenvalue weighted by atomic mass is 35.5. The summed E-state index contributed by atoms with van der Waals surface area (Å²) in [4.78, 5) is 11.6. The summed E-state index contributed by atoms with van der Waals surface area (Å²) in [7, 11) is 0. The highest BCUT2D eigenvalue weighted by Crippen LogP contribution is 2.15. The van der Waals surface area contributed by atoms with E-state index >= 15 is 0 Å². The zero-order valence-electron chi connectivity index (χ0n) is 9.28. The van der Waals surface area contributed by atoms with E-state index < -0.39 is 5.82 Å². The number of pyridine rings is 1. The molecular formula is C13H11ClFNO. The lowest BCUT2D eigenvalue weighted by atomic mass is 10.2. The molecule has 0 radical (unpaired) electrons. The largest absolute Gasteiger partial charge is 0.311 e. The molecule has 0 aliphatic rings. The average molecular weight is 252 g/mol. The molecule has 0 aliphatic heterocycles. The van der Waals surface area contributed by atoms with Crippen LogP contribution in [0.25, 0.3) is 0 Å². The molecule has 2 nitrogen and oxygen atoms in total. The van der Waals surface area contributed by atoms with Gasteiger partial charge in [-0.05, 0) is 30.7 Å². The van der Waals surface area contributed by atoms with Gasteiger partial charge in [0.25, 0.3) is 5.56 Å². The first-order valence-corrected chi connectivity index (χ1v) is 5.55. The number of hydrogen-bond acceptors (Lipinski definition) is 1. The second-order valence-electron chi connectivity index (χ2n) is 3.91. The van der Waals surface area contributed by atoms with E-state index in [1.165, 1.54) is 16.7 Å². The molecule has 0 bridgehead atoms. The molecule has 0 unspecified atom stereocenters. The number of benzene rings is 1. The Balaban J connectivity index is 2.35. The van der Waals surface area contributed by atoms with Crippen LogP contribution in [0, 0.1) is 12.7 Å². The molecule has 2 aromatic rings. The summed E-state index contributed by atoms with van der Waals surface area (Å²) in [5.74, 6) is -0.398. The van der Waals surface area contributed by atoms with Gasteiger partial charge >= 0.3 is 0 Å². The Labute approximate surface area is 103 Å². The van der Waals surface area contributed by atoms with E-state index in [0.29, 0.717) is 10.6 Å². The van der Waals surface area contributed by atoms with Gasteiger partial charge in [-0.3, -0.25) is 4.79 Å². The molecule has 0 amide bonds. The van der Waals surface area contributed by atoms with Crippen LogP contribution in [0.3, 0.4) is 0 Å². The van der Waals surface area contributed by atoms with Gasteiger partial charge in [0.2, 0.25) is 0 Å². The highest BCUT2D eigenvalue weighted by molar-refractivity contribution is 6.30. The first-order chi connectivity index (χ1) is 8.06. The molecule has 17 heavy (non-hydrogen) atoms. The third-order valence-corrected chi connectivity index (χ3v) is 2.74. The van der Waals surface area contributed by atoms with Gasteiger partial charge in [0.05, 0.1) is 6.54 Å². The number of hydrogen-bond donors (Lipinski definition) is 0. The van der Waals surface area contributed by atoms with Gasteiger partial charge < -0.3 is 4.57 Å². The summed E-state index contributed by atoms with van der Waals surface area (Å²) < 4.78 is 15.0. The van der Waals surface area contributed by atoms with Crippen LogP contribution >= 0.6 is 11.6 Å². The van der Waals surface area contributed by atoms with E-state index in [2.05, 4.69) is 0 Å². The summed E-state index contributed by atoms with van der Waals surface area (Å²) in [6, 6.07) is 7.78. The predicted molar refractivity (Wildman–Crippen MR) is 66.0 cm³/mol. The number of halogens is 2. The van der Waals surface area contributed by atoms with Crippen molar-refractivity contribution in [1.29, 1.82) is 0 Å². The summed E-state index contributed by atoms with van der Waals surface area (Å²) >= 11 is 5.66. The molecule has 0 atom stereocenters. The van der Waals surface area contributed by atoms with E-state index in [9.17, 15) is 9.18 Å². The second-order valence-corrected chi connectivity index (χ2v) is 4.34. The SMILES string of the molecule is Cc1ccn(Cc2ccc(Cl)cc2F)c(=O)c1. The number of nitrogens with zero attached hydrogens (tertiary/aromatic N) is 1. The van der Waals surface area contributed by atoms with Crippen molar-refractivity contribution < 1.29 is 4.39 Å². The van der Waals surface area contributed by atoms with Crippen LogP contribution in [0.15, 0.2) is 41.3 Å². The van der Waals surface area contributed by atoms with E-state index in [1.54, 1.807) is 18.3 Å². The summed E-state index contributed by atoms with van der Waals surface area (Å²) in [5, 5.41) is 0.350. The van der Waals surface area contributed by atoms with Gasteiger partial charge in [-0.15, -0.1) is 0 Å². The minimum absolute atomic E-state index is 0.139.